The molecule has 3 aromatic rings. The maximum absolute atomic E-state index is 13.5. The van der Waals surface area contributed by atoms with Gasteiger partial charge >= 0.3 is 0 Å². The van der Waals surface area contributed by atoms with Crippen LogP contribution in [0.2, 0.25) is 0 Å². The molecule has 0 spiro atoms. The summed E-state index contributed by atoms with van der Waals surface area (Å²) >= 11 is 0. The second kappa shape index (κ2) is 10.9. The number of benzene rings is 3. The van der Waals surface area contributed by atoms with E-state index < -0.39 is 11.7 Å². The van der Waals surface area contributed by atoms with Crippen LogP contribution in [0.5, 0.6) is 0 Å². The van der Waals surface area contributed by atoms with Crippen molar-refractivity contribution in [3.05, 3.63) is 112 Å². The number of quaternary nitrogens is 1. The summed E-state index contributed by atoms with van der Waals surface area (Å²) in [6, 6.07) is 27.9. The Bertz CT molecular complexity index is 1040. The Morgan fingerprint density at radius 1 is 0.806 bits per heavy atom. The number of nitrogens with zero attached hydrogens (tertiary/aromatic N) is 1. The van der Waals surface area contributed by atoms with E-state index in [1.807, 2.05) is 72.8 Å². The highest BCUT2D eigenvalue weighted by molar-refractivity contribution is 5.37. The van der Waals surface area contributed by atoms with E-state index in [0.29, 0.717) is 45.3 Å². The van der Waals surface area contributed by atoms with Crippen molar-refractivity contribution in [2.45, 2.75) is 63.6 Å². The summed E-state index contributed by atoms with van der Waals surface area (Å²) in [5.41, 5.74) is 2.90. The van der Waals surface area contributed by atoms with Crippen molar-refractivity contribution in [3.8, 4) is 0 Å². The van der Waals surface area contributed by atoms with Gasteiger partial charge in [0.15, 0.2) is 0 Å². The molecule has 0 bridgehead atoms. The third kappa shape index (κ3) is 5.90. The highest BCUT2D eigenvalue weighted by atomic mass is 16.5. The van der Waals surface area contributed by atoms with Gasteiger partial charge in [-0.05, 0) is 40.5 Å². The predicted molar refractivity (Wildman–Crippen MR) is 146 cm³/mol. The van der Waals surface area contributed by atoms with Gasteiger partial charge in [0.2, 0.25) is 0 Å². The van der Waals surface area contributed by atoms with Crippen LogP contribution >= 0.6 is 0 Å². The lowest BCUT2D eigenvalue weighted by Gasteiger charge is -2.50. The molecular weight excluding hydrogens is 446 g/mol. The van der Waals surface area contributed by atoms with E-state index in [4.69, 9.17) is 0 Å². The highest BCUT2D eigenvalue weighted by Gasteiger charge is 2.43. The number of aliphatic hydroxyl groups excluding tert-OH is 1. The maximum atomic E-state index is 13.5. The molecule has 1 unspecified atom stereocenters. The second-order valence-electron chi connectivity index (χ2n) is 11.5. The van der Waals surface area contributed by atoms with Crippen molar-refractivity contribution in [2.75, 3.05) is 19.6 Å². The molecular formula is C32H41NO3. The first-order valence-corrected chi connectivity index (χ1v) is 13.3. The Hall–Kier alpha value is -2.50. The highest BCUT2D eigenvalue weighted by Crippen LogP contribution is 2.43. The normalized spacial score (nSPS) is 21.8. The number of hydrogen-bond donors (Lipinski definition) is 2. The Kier molecular flexibility index (Phi) is 8.01. The molecule has 0 aromatic heterocycles. The SMILES string of the molecule is CC(C)(C)c1ccc(C(O)CCC[N+]2([O-])CCC(C(O)(c3ccccc3)c3ccccc3)CC2)cc1. The van der Waals surface area contributed by atoms with Gasteiger partial charge in [0.1, 0.15) is 5.60 Å². The van der Waals surface area contributed by atoms with Crippen molar-refractivity contribution in [1.82, 2.24) is 0 Å². The zero-order chi connectivity index (χ0) is 25.8. The fraction of sp³-hybridized carbons (Fsp3) is 0.438. The first-order valence-electron chi connectivity index (χ1n) is 13.3. The molecule has 1 atom stereocenters. The summed E-state index contributed by atoms with van der Waals surface area (Å²) in [7, 11) is 0. The molecule has 1 fully saturated rings. The molecule has 1 aliphatic rings. The third-order valence-corrected chi connectivity index (χ3v) is 7.99. The number of piperidine rings is 1. The Labute approximate surface area is 216 Å². The molecule has 0 saturated carbocycles. The van der Waals surface area contributed by atoms with Gasteiger partial charge in [-0.1, -0.05) is 106 Å². The molecule has 0 aliphatic carbocycles. The van der Waals surface area contributed by atoms with Crippen LogP contribution in [-0.4, -0.2) is 34.5 Å². The van der Waals surface area contributed by atoms with E-state index in [0.717, 1.165) is 16.7 Å². The van der Waals surface area contributed by atoms with Crippen molar-refractivity contribution in [3.63, 3.8) is 0 Å². The third-order valence-electron chi connectivity index (χ3n) is 7.99. The zero-order valence-corrected chi connectivity index (χ0v) is 21.9. The topological polar surface area (TPSA) is 63.5 Å². The average Bonchev–Trinajstić information content (AvgIpc) is 2.89. The molecule has 4 nitrogen and oxygen atoms in total. The molecule has 1 heterocycles. The minimum absolute atomic E-state index is 0.0191. The Morgan fingerprint density at radius 3 is 1.78 bits per heavy atom. The second-order valence-corrected chi connectivity index (χ2v) is 11.5. The Morgan fingerprint density at radius 2 is 1.31 bits per heavy atom. The maximum Gasteiger partial charge on any atom is 0.118 e. The van der Waals surface area contributed by atoms with Crippen LogP contribution < -0.4 is 0 Å². The van der Waals surface area contributed by atoms with Gasteiger partial charge in [-0.3, -0.25) is 0 Å². The summed E-state index contributed by atoms with van der Waals surface area (Å²) < 4.78 is -0.244. The van der Waals surface area contributed by atoms with Crippen LogP contribution in [0.3, 0.4) is 0 Å². The van der Waals surface area contributed by atoms with E-state index in [1.54, 1.807) is 0 Å². The Balaban J connectivity index is 1.36. The minimum Gasteiger partial charge on any atom is -0.633 e. The average molecular weight is 488 g/mol. The van der Waals surface area contributed by atoms with Gasteiger partial charge in [-0.25, -0.2) is 0 Å². The van der Waals surface area contributed by atoms with E-state index in [1.165, 1.54) is 5.56 Å². The molecule has 192 valence electrons. The fourth-order valence-corrected chi connectivity index (χ4v) is 5.65. The van der Waals surface area contributed by atoms with Crippen molar-refractivity contribution < 1.29 is 14.9 Å². The van der Waals surface area contributed by atoms with Crippen LogP contribution in [0.25, 0.3) is 0 Å². The first-order chi connectivity index (χ1) is 17.1. The van der Waals surface area contributed by atoms with Crippen LogP contribution in [0, 0.1) is 11.1 Å². The molecule has 4 rings (SSSR count). The number of rotatable bonds is 8. The molecule has 1 saturated heterocycles. The lowest BCUT2D eigenvalue weighted by Crippen LogP contribution is -2.52. The number of hydroxylamine groups is 3. The van der Waals surface area contributed by atoms with Crippen LogP contribution in [0.15, 0.2) is 84.9 Å². The molecule has 0 amide bonds. The summed E-state index contributed by atoms with van der Waals surface area (Å²) in [6.45, 7) is 8.02. The summed E-state index contributed by atoms with van der Waals surface area (Å²) in [5.74, 6) is -0.0191. The zero-order valence-electron chi connectivity index (χ0n) is 21.9. The molecule has 36 heavy (non-hydrogen) atoms. The quantitative estimate of drug-likeness (QED) is 0.283. The van der Waals surface area contributed by atoms with Crippen LogP contribution in [-0.2, 0) is 11.0 Å². The fourth-order valence-electron chi connectivity index (χ4n) is 5.65. The molecule has 4 heteroatoms. The summed E-state index contributed by atoms with van der Waals surface area (Å²) in [5, 5.41) is 36.3. The van der Waals surface area contributed by atoms with Gasteiger partial charge in [-0.2, -0.15) is 0 Å². The van der Waals surface area contributed by atoms with Gasteiger partial charge in [0.25, 0.3) is 0 Å². The summed E-state index contributed by atoms with van der Waals surface area (Å²) in [6.07, 6.45) is 2.04. The van der Waals surface area contributed by atoms with E-state index in [-0.39, 0.29) is 16.0 Å². The van der Waals surface area contributed by atoms with Crippen LogP contribution in [0.1, 0.15) is 74.8 Å². The van der Waals surface area contributed by atoms with E-state index >= 15 is 0 Å². The van der Waals surface area contributed by atoms with Gasteiger partial charge in [-0.15, -0.1) is 0 Å². The molecule has 0 radical (unpaired) electrons. The van der Waals surface area contributed by atoms with Gasteiger partial charge < -0.3 is 20.1 Å². The van der Waals surface area contributed by atoms with E-state index in [2.05, 4.69) is 32.9 Å². The van der Waals surface area contributed by atoms with E-state index in [9.17, 15) is 15.4 Å². The van der Waals surface area contributed by atoms with Crippen molar-refractivity contribution in [1.29, 1.82) is 0 Å². The smallest absolute Gasteiger partial charge is 0.118 e. The number of hydrogen-bond acceptors (Lipinski definition) is 3. The monoisotopic (exact) mass is 487 g/mol. The lowest BCUT2D eigenvalue weighted by molar-refractivity contribution is -0.887. The van der Waals surface area contributed by atoms with Crippen LogP contribution in [0.4, 0.5) is 0 Å². The summed E-state index contributed by atoms with van der Waals surface area (Å²) in [4.78, 5) is 0. The standard InChI is InChI=1S/C32H41NO3/c1-31(2,3)26-18-16-25(17-19-26)30(34)15-10-22-33(36)23-20-29(21-24-33)32(35,27-11-6-4-7-12-27)28-13-8-5-9-14-28/h4-9,11-14,16-19,29-30,34-35H,10,15,20-24H2,1-3H3. The lowest BCUT2D eigenvalue weighted by atomic mass is 9.72. The van der Waals surface area contributed by atoms with Gasteiger partial charge in [0, 0.05) is 18.8 Å². The molecule has 3 aromatic carbocycles. The number of likely N-dealkylation sites (tertiary alicyclic amines) is 1. The van der Waals surface area contributed by atoms with Crippen molar-refractivity contribution >= 4 is 0 Å². The molecule has 1 aliphatic heterocycles. The largest absolute Gasteiger partial charge is 0.633 e. The number of aliphatic hydroxyl groups is 2. The molecule has 2 N–H and O–H groups in total. The minimum atomic E-state index is -1.11. The van der Waals surface area contributed by atoms with Gasteiger partial charge in [0.05, 0.1) is 25.7 Å². The van der Waals surface area contributed by atoms with Crippen molar-refractivity contribution in [2.24, 2.45) is 5.92 Å². The predicted octanol–water partition coefficient (Wildman–Crippen LogP) is 6.46. The first kappa shape index (κ1) is 26.6.